The van der Waals surface area contributed by atoms with Crippen molar-refractivity contribution >= 4 is 34.8 Å². The van der Waals surface area contributed by atoms with E-state index in [1.165, 1.54) is 23.5 Å². The highest BCUT2D eigenvalue weighted by Crippen LogP contribution is 2.38. The quantitative estimate of drug-likeness (QED) is 0.865. The molecule has 2 fully saturated rings. The third-order valence-corrected chi connectivity index (χ3v) is 6.48. The third-order valence-electron chi connectivity index (χ3n) is 5.25. The van der Waals surface area contributed by atoms with E-state index in [1.807, 2.05) is 11.4 Å². The van der Waals surface area contributed by atoms with Crippen LogP contribution in [0.3, 0.4) is 0 Å². The molecule has 2 amide bonds. The van der Waals surface area contributed by atoms with E-state index in [1.54, 1.807) is 17.0 Å². The number of nitrogens with one attached hydrogen (secondary N) is 1. The number of carbonyl (C=O) groups is 2. The molecule has 4 rings (SSSR count). The molecule has 1 aromatic heterocycles. The molecule has 2 aliphatic rings. The van der Waals surface area contributed by atoms with Gasteiger partial charge in [0.15, 0.2) is 0 Å². The molecule has 2 aromatic rings. The van der Waals surface area contributed by atoms with Gasteiger partial charge in [-0.3, -0.25) is 9.59 Å². The van der Waals surface area contributed by atoms with Crippen LogP contribution in [-0.4, -0.2) is 35.3 Å². The Bertz CT molecular complexity index is 822. The fourth-order valence-electron chi connectivity index (χ4n) is 4.07. The summed E-state index contributed by atoms with van der Waals surface area (Å²) in [4.78, 5) is 27.5. The predicted octanol–water partition coefficient (Wildman–Crippen LogP) is 3.50. The highest BCUT2D eigenvalue weighted by Gasteiger charge is 2.47. The van der Waals surface area contributed by atoms with Crippen molar-refractivity contribution in [1.82, 2.24) is 10.2 Å². The maximum atomic E-state index is 14.0. The lowest BCUT2D eigenvalue weighted by Gasteiger charge is -2.34. The zero-order chi connectivity index (χ0) is 18.3. The van der Waals surface area contributed by atoms with E-state index in [4.69, 9.17) is 11.6 Å². The molecule has 1 N–H and O–H groups in total. The molecule has 1 saturated heterocycles. The van der Waals surface area contributed by atoms with Crippen molar-refractivity contribution < 1.29 is 14.0 Å². The molecule has 3 atom stereocenters. The van der Waals surface area contributed by atoms with E-state index in [2.05, 4.69) is 5.32 Å². The van der Waals surface area contributed by atoms with E-state index in [-0.39, 0.29) is 40.9 Å². The number of fused-ring (bicyclic) bond motifs is 2. The number of piperidine rings is 1. The molecule has 1 aromatic carbocycles. The molecule has 1 saturated carbocycles. The van der Waals surface area contributed by atoms with Crippen LogP contribution in [0, 0.1) is 11.7 Å². The van der Waals surface area contributed by atoms with Gasteiger partial charge in [0.1, 0.15) is 5.82 Å². The number of likely N-dealkylation sites (tertiary alicyclic amines) is 1. The first kappa shape index (κ1) is 17.5. The Morgan fingerprint density at radius 3 is 2.81 bits per heavy atom. The van der Waals surface area contributed by atoms with Crippen LogP contribution >= 0.6 is 22.9 Å². The maximum Gasteiger partial charge on any atom is 0.261 e. The summed E-state index contributed by atoms with van der Waals surface area (Å²) in [5.74, 6) is -0.312. The van der Waals surface area contributed by atoms with Gasteiger partial charge in [0, 0.05) is 23.2 Å². The summed E-state index contributed by atoms with van der Waals surface area (Å²) >= 11 is 7.44. The van der Waals surface area contributed by atoms with Gasteiger partial charge in [-0.1, -0.05) is 23.7 Å². The standard InChI is InChI=1S/C19H18ClFN2O2S/c20-13-3-1-4-14(21)12(13)9-18(24)23-10-11-7-15(16(23)8-11)22-19(25)17-5-2-6-26-17/h1-6,11,15-16H,7-10H2,(H,22,25). The molecule has 26 heavy (non-hydrogen) atoms. The monoisotopic (exact) mass is 392 g/mol. The Balaban J connectivity index is 1.45. The van der Waals surface area contributed by atoms with Crippen LogP contribution in [-0.2, 0) is 11.2 Å². The van der Waals surface area contributed by atoms with E-state index in [9.17, 15) is 14.0 Å². The number of hydrogen-bond donors (Lipinski definition) is 1. The molecule has 3 unspecified atom stereocenters. The first-order chi connectivity index (χ1) is 12.5. The van der Waals surface area contributed by atoms with Crippen molar-refractivity contribution in [1.29, 1.82) is 0 Å². The summed E-state index contributed by atoms with van der Waals surface area (Å²) in [6.07, 6.45) is 1.71. The second-order valence-corrected chi connectivity index (χ2v) is 8.24. The van der Waals surface area contributed by atoms with Gasteiger partial charge < -0.3 is 10.2 Å². The van der Waals surface area contributed by atoms with Crippen molar-refractivity contribution in [3.05, 3.63) is 57.0 Å². The molecular weight excluding hydrogens is 375 g/mol. The SMILES string of the molecule is O=C(NC1CC2CC1N(C(=O)Cc1c(F)cccc1Cl)C2)c1cccs1. The van der Waals surface area contributed by atoms with Gasteiger partial charge in [0.05, 0.1) is 17.3 Å². The minimum atomic E-state index is -0.460. The summed E-state index contributed by atoms with van der Waals surface area (Å²) in [5, 5.41) is 5.20. The highest BCUT2D eigenvalue weighted by molar-refractivity contribution is 7.12. The fraction of sp³-hybridized carbons (Fsp3) is 0.368. The zero-order valence-corrected chi connectivity index (χ0v) is 15.5. The Hall–Kier alpha value is -1.92. The van der Waals surface area contributed by atoms with Crippen LogP contribution in [0.25, 0.3) is 0 Å². The van der Waals surface area contributed by atoms with Gasteiger partial charge in [0.2, 0.25) is 5.91 Å². The summed E-state index contributed by atoms with van der Waals surface area (Å²) < 4.78 is 14.0. The summed E-state index contributed by atoms with van der Waals surface area (Å²) in [6.45, 7) is 0.668. The molecule has 0 spiro atoms. The van der Waals surface area contributed by atoms with E-state index in [0.29, 0.717) is 17.3 Å². The zero-order valence-electron chi connectivity index (χ0n) is 14.0. The largest absolute Gasteiger partial charge is 0.347 e. The average molecular weight is 393 g/mol. The number of benzene rings is 1. The number of nitrogens with zero attached hydrogens (tertiary/aromatic N) is 1. The molecule has 2 bridgehead atoms. The Morgan fingerprint density at radius 2 is 2.12 bits per heavy atom. The fourth-order valence-corrected chi connectivity index (χ4v) is 4.93. The molecule has 1 aliphatic heterocycles. The summed E-state index contributed by atoms with van der Waals surface area (Å²) in [6, 6.07) is 7.98. The number of thiophene rings is 1. The number of halogens is 2. The Labute approximate surface area is 160 Å². The lowest BCUT2D eigenvalue weighted by Crippen LogP contribution is -2.52. The average Bonchev–Trinajstić information content (AvgIpc) is 3.34. The molecule has 1 aliphatic carbocycles. The van der Waals surface area contributed by atoms with Crippen LogP contribution in [0.2, 0.25) is 5.02 Å². The minimum Gasteiger partial charge on any atom is -0.347 e. The smallest absolute Gasteiger partial charge is 0.261 e. The van der Waals surface area contributed by atoms with Gasteiger partial charge in [-0.25, -0.2) is 4.39 Å². The first-order valence-electron chi connectivity index (χ1n) is 8.59. The molecule has 136 valence electrons. The predicted molar refractivity (Wildman–Crippen MR) is 98.9 cm³/mol. The second kappa shape index (κ2) is 7.00. The lowest BCUT2D eigenvalue weighted by molar-refractivity contribution is -0.132. The van der Waals surface area contributed by atoms with Crippen molar-refractivity contribution in [3.63, 3.8) is 0 Å². The van der Waals surface area contributed by atoms with Crippen LogP contribution in [0.15, 0.2) is 35.7 Å². The normalized spacial score (nSPS) is 24.1. The number of rotatable bonds is 4. The molecule has 7 heteroatoms. The van der Waals surface area contributed by atoms with Crippen molar-refractivity contribution in [2.75, 3.05) is 6.54 Å². The number of hydrogen-bond acceptors (Lipinski definition) is 3. The van der Waals surface area contributed by atoms with Gasteiger partial charge in [-0.2, -0.15) is 0 Å². The van der Waals surface area contributed by atoms with Gasteiger partial charge >= 0.3 is 0 Å². The minimum absolute atomic E-state index is 0.0260. The van der Waals surface area contributed by atoms with Gasteiger partial charge in [-0.15, -0.1) is 11.3 Å². The van der Waals surface area contributed by atoms with Gasteiger partial charge in [0.25, 0.3) is 5.91 Å². The van der Waals surface area contributed by atoms with Crippen molar-refractivity contribution in [2.45, 2.75) is 31.3 Å². The van der Waals surface area contributed by atoms with Crippen LogP contribution in [0.5, 0.6) is 0 Å². The van der Waals surface area contributed by atoms with Crippen molar-refractivity contribution in [2.24, 2.45) is 5.92 Å². The van der Waals surface area contributed by atoms with Crippen LogP contribution in [0.1, 0.15) is 28.1 Å². The molecule has 2 heterocycles. The first-order valence-corrected chi connectivity index (χ1v) is 9.85. The Kier molecular flexibility index (Phi) is 4.71. The topological polar surface area (TPSA) is 49.4 Å². The van der Waals surface area contributed by atoms with Crippen LogP contribution < -0.4 is 5.32 Å². The molecular formula is C19H18ClFN2O2S. The lowest BCUT2D eigenvalue weighted by atomic mass is 10.0. The Morgan fingerprint density at radius 1 is 1.27 bits per heavy atom. The van der Waals surface area contributed by atoms with E-state index < -0.39 is 5.82 Å². The highest BCUT2D eigenvalue weighted by atomic mass is 35.5. The molecule has 0 radical (unpaired) electrons. The summed E-state index contributed by atoms with van der Waals surface area (Å²) in [5.41, 5.74) is 0.237. The molecule has 4 nitrogen and oxygen atoms in total. The third kappa shape index (κ3) is 3.23. The van der Waals surface area contributed by atoms with Gasteiger partial charge in [-0.05, 0) is 42.3 Å². The number of carbonyl (C=O) groups excluding carboxylic acids is 2. The second-order valence-electron chi connectivity index (χ2n) is 6.89. The maximum absolute atomic E-state index is 14.0. The summed E-state index contributed by atoms with van der Waals surface area (Å²) in [7, 11) is 0. The van der Waals surface area contributed by atoms with E-state index in [0.717, 1.165) is 12.8 Å². The van der Waals surface area contributed by atoms with E-state index >= 15 is 0 Å². The van der Waals surface area contributed by atoms with Crippen LogP contribution in [0.4, 0.5) is 4.39 Å². The number of amides is 2. The van der Waals surface area contributed by atoms with Crippen molar-refractivity contribution in [3.8, 4) is 0 Å².